The fourth-order valence-electron chi connectivity index (χ4n) is 1.90. The fourth-order valence-corrected chi connectivity index (χ4v) is 2.73. The summed E-state index contributed by atoms with van der Waals surface area (Å²) in [5.41, 5.74) is 0. The maximum atomic E-state index is 11.9. The predicted molar refractivity (Wildman–Crippen MR) is 64.2 cm³/mol. The standard InChI is InChI=1S/C10H16N2O5S/c1-4-18(16,17)12-6-5-11(10(12)15)8(7(2)3)9(13)14/h4,7-8H,1,5-6H2,2-3H3,(H,13,14). The van der Waals surface area contributed by atoms with E-state index in [9.17, 15) is 18.0 Å². The van der Waals surface area contributed by atoms with E-state index in [0.29, 0.717) is 9.71 Å². The minimum atomic E-state index is -3.85. The van der Waals surface area contributed by atoms with Crippen molar-refractivity contribution in [3.8, 4) is 0 Å². The summed E-state index contributed by atoms with van der Waals surface area (Å²) in [4.78, 5) is 24.1. The van der Waals surface area contributed by atoms with Crippen LogP contribution in [0.3, 0.4) is 0 Å². The molecule has 18 heavy (non-hydrogen) atoms. The van der Waals surface area contributed by atoms with E-state index in [1.165, 1.54) is 0 Å². The van der Waals surface area contributed by atoms with Crippen molar-refractivity contribution in [2.45, 2.75) is 19.9 Å². The number of carbonyl (C=O) groups excluding carboxylic acids is 1. The van der Waals surface area contributed by atoms with Gasteiger partial charge in [0.2, 0.25) is 0 Å². The number of amides is 2. The summed E-state index contributed by atoms with van der Waals surface area (Å²) >= 11 is 0. The van der Waals surface area contributed by atoms with Crippen LogP contribution in [0.25, 0.3) is 0 Å². The molecule has 0 aromatic carbocycles. The lowest BCUT2D eigenvalue weighted by Crippen LogP contribution is -2.47. The van der Waals surface area contributed by atoms with Gasteiger partial charge in [-0.05, 0) is 5.92 Å². The summed E-state index contributed by atoms with van der Waals surface area (Å²) in [6.07, 6.45) is 0. The summed E-state index contributed by atoms with van der Waals surface area (Å²) in [5, 5.41) is 9.77. The number of sulfonamides is 1. The van der Waals surface area contributed by atoms with Crippen molar-refractivity contribution >= 4 is 22.0 Å². The molecular weight excluding hydrogens is 260 g/mol. The Bertz CT molecular complexity index is 471. The van der Waals surface area contributed by atoms with E-state index in [2.05, 4.69) is 6.58 Å². The lowest BCUT2D eigenvalue weighted by Gasteiger charge is -2.26. The van der Waals surface area contributed by atoms with Crippen LogP contribution in [0.1, 0.15) is 13.8 Å². The van der Waals surface area contributed by atoms with Crippen LogP contribution in [-0.2, 0) is 14.8 Å². The molecule has 1 aliphatic heterocycles. The number of carboxylic acids is 1. The summed E-state index contributed by atoms with van der Waals surface area (Å²) in [6, 6.07) is -1.83. The van der Waals surface area contributed by atoms with E-state index in [-0.39, 0.29) is 19.0 Å². The van der Waals surface area contributed by atoms with Crippen LogP contribution in [0.2, 0.25) is 0 Å². The molecule has 8 heteroatoms. The first kappa shape index (κ1) is 14.5. The second-order valence-electron chi connectivity index (χ2n) is 4.29. The van der Waals surface area contributed by atoms with E-state index >= 15 is 0 Å². The second kappa shape index (κ2) is 4.97. The molecule has 1 unspecified atom stereocenters. The molecular formula is C10H16N2O5S. The van der Waals surface area contributed by atoms with Gasteiger partial charge < -0.3 is 10.0 Å². The molecule has 0 aromatic rings. The average Bonchev–Trinajstić information content (AvgIpc) is 2.61. The summed E-state index contributed by atoms with van der Waals surface area (Å²) in [5.74, 6) is -1.45. The second-order valence-corrected chi connectivity index (χ2v) is 6.09. The zero-order valence-electron chi connectivity index (χ0n) is 10.2. The van der Waals surface area contributed by atoms with Gasteiger partial charge in [-0.2, -0.15) is 0 Å². The molecule has 0 saturated carbocycles. The highest BCUT2D eigenvalue weighted by Gasteiger charge is 2.42. The Balaban J connectivity index is 3.01. The molecule has 0 radical (unpaired) electrons. The highest BCUT2D eigenvalue weighted by atomic mass is 32.2. The molecule has 2 amide bonds. The molecule has 1 heterocycles. The molecule has 1 aliphatic rings. The van der Waals surface area contributed by atoms with Crippen molar-refractivity contribution in [2.75, 3.05) is 13.1 Å². The Morgan fingerprint density at radius 1 is 1.44 bits per heavy atom. The van der Waals surface area contributed by atoms with Gasteiger partial charge in [0.05, 0.1) is 6.54 Å². The third-order valence-electron chi connectivity index (χ3n) is 2.74. The Kier molecular flexibility index (Phi) is 4.00. The lowest BCUT2D eigenvalue weighted by atomic mass is 10.0. The Hall–Kier alpha value is -1.57. The summed E-state index contributed by atoms with van der Waals surface area (Å²) in [6.45, 7) is 6.48. The maximum absolute atomic E-state index is 11.9. The van der Waals surface area contributed by atoms with Gasteiger partial charge in [0, 0.05) is 12.0 Å². The van der Waals surface area contributed by atoms with Gasteiger partial charge in [0.1, 0.15) is 6.04 Å². The molecule has 0 spiro atoms. The van der Waals surface area contributed by atoms with Crippen LogP contribution < -0.4 is 0 Å². The number of carbonyl (C=O) groups is 2. The van der Waals surface area contributed by atoms with Crippen molar-refractivity contribution < 1.29 is 23.1 Å². The highest BCUT2D eigenvalue weighted by Crippen LogP contribution is 2.21. The van der Waals surface area contributed by atoms with Crippen molar-refractivity contribution in [3.63, 3.8) is 0 Å². The normalized spacial score (nSPS) is 18.3. The van der Waals surface area contributed by atoms with Crippen LogP contribution in [0.4, 0.5) is 4.79 Å². The Labute approximate surface area is 106 Å². The van der Waals surface area contributed by atoms with E-state index in [0.717, 1.165) is 4.90 Å². The molecule has 7 nitrogen and oxygen atoms in total. The molecule has 0 aromatic heterocycles. The van der Waals surface area contributed by atoms with E-state index in [4.69, 9.17) is 5.11 Å². The summed E-state index contributed by atoms with van der Waals surface area (Å²) < 4.78 is 23.7. The molecule has 0 aliphatic carbocycles. The molecule has 0 bridgehead atoms. The SMILES string of the molecule is C=CS(=O)(=O)N1CCN(C(C(=O)O)C(C)C)C1=O. The van der Waals surface area contributed by atoms with E-state index in [1.54, 1.807) is 13.8 Å². The van der Waals surface area contributed by atoms with Gasteiger partial charge in [-0.25, -0.2) is 22.3 Å². The smallest absolute Gasteiger partial charge is 0.334 e. The van der Waals surface area contributed by atoms with Crippen molar-refractivity contribution in [3.05, 3.63) is 12.0 Å². The van der Waals surface area contributed by atoms with Crippen LogP contribution in [0.15, 0.2) is 12.0 Å². The van der Waals surface area contributed by atoms with Crippen LogP contribution in [0.5, 0.6) is 0 Å². The van der Waals surface area contributed by atoms with Crippen molar-refractivity contribution in [2.24, 2.45) is 5.92 Å². The minimum absolute atomic E-state index is 0.0519. The zero-order valence-corrected chi connectivity index (χ0v) is 11.1. The van der Waals surface area contributed by atoms with Gasteiger partial charge in [-0.15, -0.1) is 0 Å². The number of carboxylic acid groups (broad SMARTS) is 1. The maximum Gasteiger partial charge on any atom is 0.334 e. The van der Waals surface area contributed by atoms with Crippen LogP contribution in [0, 0.1) is 5.92 Å². The van der Waals surface area contributed by atoms with E-state index in [1.807, 2.05) is 0 Å². The van der Waals surface area contributed by atoms with Crippen LogP contribution in [-0.4, -0.2) is 53.9 Å². The van der Waals surface area contributed by atoms with Gasteiger partial charge in [-0.3, -0.25) is 0 Å². The monoisotopic (exact) mass is 276 g/mol. The van der Waals surface area contributed by atoms with Crippen LogP contribution >= 0.6 is 0 Å². The quantitative estimate of drug-likeness (QED) is 0.779. The number of aliphatic carboxylic acids is 1. The molecule has 1 rings (SSSR count). The van der Waals surface area contributed by atoms with Crippen molar-refractivity contribution in [1.82, 2.24) is 9.21 Å². The highest BCUT2D eigenvalue weighted by molar-refractivity contribution is 7.92. The van der Waals surface area contributed by atoms with Gasteiger partial charge in [-0.1, -0.05) is 20.4 Å². The first-order valence-corrected chi connectivity index (χ1v) is 6.91. The number of rotatable bonds is 5. The number of urea groups is 1. The Morgan fingerprint density at radius 3 is 2.39 bits per heavy atom. The largest absolute Gasteiger partial charge is 0.480 e. The third kappa shape index (κ3) is 2.47. The number of hydrogen-bond acceptors (Lipinski definition) is 4. The molecule has 1 N–H and O–H groups in total. The van der Waals surface area contributed by atoms with E-state index < -0.39 is 28.1 Å². The fraction of sp³-hybridized carbons (Fsp3) is 0.600. The lowest BCUT2D eigenvalue weighted by molar-refractivity contribution is -0.143. The predicted octanol–water partition coefficient (Wildman–Crippen LogP) is 0.307. The zero-order chi connectivity index (χ0) is 14.1. The number of hydrogen-bond donors (Lipinski definition) is 1. The topological polar surface area (TPSA) is 95.0 Å². The van der Waals surface area contributed by atoms with Gasteiger partial charge in [0.15, 0.2) is 0 Å². The van der Waals surface area contributed by atoms with Gasteiger partial charge in [0.25, 0.3) is 10.0 Å². The molecule has 1 saturated heterocycles. The van der Waals surface area contributed by atoms with Crippen molar-refractivity contribution in [1.29, 1.82) is 0 Å². The molecule has 102 valence electrons. The first-order valence-electron chi connectivity index (χ1n) is 5.41. The first-order chi connectivity index (χ1) is 8.22. The molecule has 1 fully saturated rings. The molecule has 1 atom stereocenters. The van der Waals surface area contributed by atoms with Gasteiger partial charge >= 0.3 is 12.0 Å². The average molecular weight is 276 g/mol. The Morgan fingerprint density at radius 2 is 2.00 bits per heavy atom. The minimum Gasteiger partial charge on any atom is -0.480 e. The third-order valence-corrected chi connectivity index (χ3v) is 4.12. The summed E-state index contributed by atoms with van der Waals surface area (Å²) in [7, 11) is -3.85. The number of nitrogens with zero attached hydrogens (tertiary/aromatic N) is 2.